The van der Waals surface area contributed by atoms with Gasteiger partial charge in [-0.3, -0.25) is 4.68 Å². The second-order valence-electron chi connectivity index (χ2n) is 8.49. The second-order valence-corrected chi connectivity index (χ2v) is 8.49. The van der Waals surface area contributed by atoms with Crippen LogP contribution in [0.25, 0.3) is 22.3 Å². The third-order valence-corrected chi connectivity index (χ3v) is 6.48. The van der Waals surface area contributed by atoms with Gasteiger partial charge in [0.15, 0.2) is 0 Å². The molecule has 2 amide bonds. The first-order valence-corrected chi connectivity index (χ1v) is 10.9. The average Bonchev–Trinajstić information content (AvgIpc) is 3.39. The van der Waals surface area contributed by atoms with E-state index in [4.69, 9.17) is 4.52 Å². The van der Waals surface area contributed by atoms with Gasteiger partial charge in [0.05, 0.1) is 11.2 Å². The maximum Gasteiger partial charge on any atom is 0.319 e. The van der Waals surface area contributed by atoms with Crippen molar-refractivity contribution in [3.63, 3.8) is 0 Å². The van der Waals surface area contributed by atoms with Gasteiger partial charge in [0.25, 0.3) is 0 Å². The Morgan fingerprint density at radius 3 is 2.57 bits per heavy atom. The third kappa shape index (κ3) is 3.44. The molecule has 0 unspecified atom stereocenters. The summed E-state index contributed by atoms with van der Waals surface area (Å²) in [6.07, 6.45) is 5.20. The fraction of sp³-hybridized carbons (Fsp3) is 0.545. The van der Waals surface area contributed by atoms with Crippen LogP contribution in [0.5, 0.6) is 0 Å². The number of carbonyl (C=O) groups excluding carboxylic acids is 1. The normalized spacial score (nSPS) is 18.3. The van der Waals surface area contributed by atoms with E-state index in [9.17, 15) is 4.79 Å². The predicted octanol–water partition coefficient (Wildman–Crippen LogP) is 3.72. The second kappa shape index (κ2) is 7.74. The first-order valence-electron chi connectivity index (χ1n) is 10.9. The number of aromatic nitrogens is 4. The average molecular weight is 409 g/mol. The summed E-state index contributed by atoms with van der Waals surface area (Å²) in [5.41, 5.74) is 3.00. The Morgan fingerprint density at radius 2 is 1.80 bits per heavy atom. The largest absolute Gasteiger partial charge is 0.339 e. The van der Waals surface area contributed by atoms with Gasteiger partial charge < -0.3 is 14.3 Å². The number of rotatable bonds is 2. The zero-order valence-electron chi connectivity index (χ0n) is 17.7. The van der Waals surface area contributed by atoms with Crippen LogP contribution < -0.4 is 0 Å². The Balaban J connectivity index is 1.26. The van der Waals surface area contributed by atoms with Crippen LogP contribution in [-0.2, 0) is 7.05 Å². The van der Waals surface area contributed by atoms with Crippen LogP contribution in [0.2, 0.25) is 0 Å². The molecular formula is C22H28N6O2. The molecule has 0 saturated carbocycles. The van der Waals surface area contributed by atoms with E-state index in [0.717, 1.165) is 74.0 Å². The molecule has 2 aliphatic rings. The van der Waals surface area contributed by atoms with Gasteiger partial charge in [0.2, 0.25) is 11.7 Å². The molecule has 0 radical (unpaired) electrons. The predicted molar refractivity (Wildman–Crippen MR) is 113 cm³/mol. The van der Waals surface area contributed by atoms with Crippen LogP contribution in [0.1, 0.15) is 49.6 Å². The molecule has 2 aromatic heterocycles. The first kappa shape index (κ1) is 19.1. The van der Waals surface area contributed by atoms with E-state index in [-0.39, 0.29) is 11.9 Å². The van der Waals surface area contributed by atoms with Crippen LogP contribution in [0.15, 0.2) is 22.7 Å². The van der Waals surface area contributed by atoms with Crippen LogP contribution >= 0.6 is 0 Å². The molecule has 1 aromatic carbocycles. The maximum absolute atomic E-state index is 12.7. The third-order valence-electron chi connectivity index (χ3n) is 6.48. The van der Waals surface area contributed by atoms with Gasteiger partial charge >= 0.3 is 6.03 Å². The molecule has 0 aliphatic carbocycles. The Hall–Kier alpha value is -2.90. The monoisotopic (exact) mass is 408 g/mol. The number of likely N-dealkylation sites (tertiary alicyclic amines) is 2. The Kier molecular flexibility index (Phi) is 4.92. The van der Waals surface area contributed by atoms with Crippen molar-refractivity contribution in [3.8, 4) is 11.4 Å². The quantitative estimate of drug-likeness (QED) is 0.646. The molecular weight excluding hydrogens is 380 g/mol. The number of hydrogen-bond acceptors (Lipinski definition) is 5. The summed E-state index contributed by atoms with van der Waals surface area (Å²) in [4.78, 5) is 21.4. The summed E-state index contributed by atoms with van der Waals surface area (Å²) in [6.45, 7) is 5.30. The van der Waals surface area contributed by atoms with Gasteiger partial charge in [0.1, 0.15) is 0 Å². The minimum absolute atomic E-state index is 0.194. The number of benzene rings is 1. The van der Waals surface area contributed by atoms with E-state index in [1.807, 2.05) is 34.5 Å². The summed E-state index contributed by atoms with van der Waals surface area (Å²) in [5, 5.41) is 9.84. The van der Waals surface area contributed by atoms with Gasteiger partial charge in [-0.1, -0.05) is 17.3 Å². The highest BCUT2D eigenvalue weighted by atomic mass is 16.5. The number of piperidine rings is 2. The molecule has 0 N–H and O–H groups in total. The highest BCUT2D eigenvalue weighted by Gasteiger charge is 2.30. The lowest BCUT2D eigenvalue weighted by atomic mass is 9.97. The summed E-state index contributed by atoms with van der Waals surface area (Å²) in [5.74, 6) is 1.49. The van der Waals surface area contributed by atoms with Crippen LogP contribution in [-0.4, -0.2) is 61.9 Å². The van der Waals surface area contributed by atoms with Crippen molar-refractivity contribution in [2.24, 2.45) is 7.05 Å². The Bertz CT molecular complexity index is 1060. The molecule has 0 bridgehead atoms. The van der Waals surface area contributed by atoms with Crippen molar-refractivity contribution in [2.75, 3.05) is 26.2 Å². The number of aryl methyl sites for hydroxylation is 2. The van der Waals surface area contributed by atoms with E-state index in [0.29, 0.717) is 11.7 Å². The first-order chi connectivity index (χ1) is 14.6. The van der Waals surface area contributed by atoms with E-state index in [2.05, 4.69) is 27.4 Å². The lowest BCUT2D eigenvalue weighted by Gasteiger charge is -2.36. The summed E-state index contributed by atoms with van der Waals surface area (Å²) >= 11 is 0. The van der Waals surface area contributed by atoms with E-state index >= 15 is 0 Å². The molecule has 0 spiro atoms. The Morgan fingerprint density at radius 1 is 1.07 bits per heavy atom. The summed E-state index contributed by atoms with van der Waals surface area (Å²) < 4.78 is 7.50. The zero-order chi connectivity index (χ0) is 20.7. The molecule has 2 aliphatic heterocycles. The standard InChI is InChI=1S/C22H28N6O2/c1-15-18-7-6-17(14-19(18)26(2)24-15)20-23-21(30-25-20)16-8-12-28(13-9-16)22(29)27-10-4-3-5-11-27/h6-7,14,16H,3-5,8-13H2,1-2H3. The number of urea groups is 1. The van der Waals surface area contributed by atoms with Crippen LogP contribution in [0.4, 0.5) is 4.79 Å². The van der Waals surface area contributed by atoms with Crippen molar-refractivity contribution in [2.45, 2.75) is 44.9 Å². The molecule has 8 heteroatoms. The lowest BCUT2D eigenvalue weighted by molar-refractivity contribution is 0.128. The number of amides is 2. The minimum Gasteiger partial charge on any atom is -0.339 e. The molecule has 158 valence electrons. The molecule has 2 saturated heterocycles. The molecule has 8 nitrogen and oxygen atoms in total. The van der Waals surface area contributed by atoms with Gasteiger partial charge in [-0.2, -0.15) is 10.1 Å². The number of hydrogen-bond donors (Lipinski definition) is 0. The number of fused-ring (bicyclic) bond motifs is 1. The van der Waals surface area contributed by atoms with Crippen molar-refractivity contribution >= 4 is 16.9 Å². The van der Waals surface area contributed by atoms with Crippen molar-refractivity contribution in [1.29, 1.82) is 0 Å². The maximum atomic E-state index is 12.7. The van der Waals surface area contributed by atoms with Crippen molar-refractivity contribution < 1.29 is 9.32 Å². The molecule has 5 rings (SSSR count). The highest BCUT2D eigenvalue weighted by molar-refractivity contribution is 5.85. The topological polar surface area (TPSA) is 80.3 Å². The van der Waals surface area contributed by atoms with E-state index in [1.54, 1.807) is 0 Å². The fourth-order valence-electron chi connectivity index (χ4n) is 4.70. The summed E-state index contributed by atoms with van der Waals surface area (Å²) in [6, 6.07) is 6.34. The lowest BCUT2D eigenvalue weighted by Crippen LogP contribution is -2.48. The van der Waals surface area contributed by atoms with Crippen molar-refractivity contribution in [1.82, 2.24) is 29.7 Å². The molecule has 4 heterocycles. The molecule has 2 fully saturated rings. The van der Waals surface area contributed by atoms with E-state index in [1.165, 1.54) is 6.42 Å². The minimum atomic E-state index is 0.194. The zero-order valence-corrected chi connectivity index (χ0v) is 17.7. The van der Waals surface area contributed by atoms with Gasteiger partial charge in [0, 0.05) is 50.1 Å². The van der Waals surface area contributed by atoms with E-state index < -0.39 is 0 Å². The van der Waals surface area contributed by atoms with Crippen molar-refractivity contribution in [3.05, 3.63) is 29.8 Å². The molecule has 30 heavy (non-hydrogen) atoms. The van der Waals surface area contributed by atoms with Gasteiger partial charge in [-0.15, -0.1) is 0 Å². The van der Waals surface area contributed by atoms with Crippen LogP contribution in [0.3, 0.4) is 0 Å². The molecule has 3 aromatic rings. The SMILES string of the molecule is Cc1nn(C)c2cc(-c3noc(C4CCN(C(=O)N5CCCCC5)CC4)n3)ccc12. The van der Waals surface area contributed by atoms with Gasteiger partial charge in [-0.25, -0.2) is 4.79 Å². The number of nitrogens with zero attached hydrogens (tertiary/aromatic N) is 6. The van der Waals surface area contributed by atoms with Gasteiger partial charge in [-0.05, 0) is 45.1 Å². The Labute approximate surface area is 175 Å². The van der Waals surface area contributed by atoms with Crippen LogP contribution in [0, 0.1) is 6.92 Å². The molecule has 0 atom stereocenters. The fourth-order valence-corrected chi connectivity index (χ4v) is 4.70. The number of carbonyl (C=O) groups is 1. The summed E-state index contributed by atoms with van der Waals surface area (Å²) in [7, 11) is 1.94. The highest BCUT2D eigenvalue weighted by Crippen LogP contribution is 2.30. The smallest absolute Gasteiger partial charge is 0.319 e.